The molecule has 164 valence electrons. The van der Waals surface area contributed by atoms with Crippen LogP contribution in [0.4, 0.5) is 0 Å². The molecule has 4 atom stereocenters. The number of aliphatic hydroxyl groups is 1. The zero-order valence-electron chi connectivity index (χ0n) is 17.5. The number of rotatable bonds is 7. The molecule has 2 aromatic rings. The van der Waals surface area contributed by atoms with Crippen LogP contribution in [0.15, 0.2) is 48.2 Å². The second-order valence-electron chi connectivity index (χ2n) is 8.24. The monoisotopic (exact) mass is 538 g/mol. The molecule has 0 bridgehead atoms. The first-order chi connectivity index (χ1) is 14.7. The molecule has 0 radical (unpaired) electrons. The van der Waals surface area contributed by atoms with Gasteiger partial charge in [-0.05, 0) is 47.2 Å². The van der Waals surface area contributed by atoms with E-state index >= 15 is 0 Å². The SMILES string of the molecule is CC(O)C1C(=O)N2C(C(=O)O)=C(COc3ccc(Cn4cc[n+](C)c4)cc3I)[C@H](C)C12. The van der Waals surface area contributed by atoms with Crippen LogP contribution in [0.2, 0.25) is 0 Å². The number of imidazole rings is 1. The summed E-state index contributed by atoms with van der Waals surface area (Å²) >= 11 is 2.21. The summed E-state index contributed by atoms with van der Waals surface area (Å²) in [6.07, 6.45) is 5.17. The molecule has 2 N–H and O–H groups in total. The number of carboxylic acids is 1. The average Bonchev–Trinajstić information content (AvgIpc) is 3.20. The number of benzene rings is 1. The van der Waals surface area contributed by atoms with Gasteiger partial charge in [0.15, 0.2) is 0 Å². The van der Waals surface area contributed by atoms with Gasteiger partial charge in [0.25, 0.3) is 0 Å². The maximum Gasteiger partial charge on any atom is 0.352 e. The topological polar surface area (TPSA) is 95.9 Å². The van der Waals surface area contributed by atoms with E-state index in [1.165, 1.54) is 4.90 Å². The molecule has 2 aliphatic rings. The number of halogens is 1. The first kappa shape index (κ1) is 21.8. The fourth-order valence-electron chi connectivity index (χ4n) is 4.56. The molecule has 9 heteroatoms. The highest BCUT2D eigenvalue weighted by atomic mass is 127. The Hall–Kier alpha value is -2.40. The van der Waals surface area contributed by atoms with Crippen LogP contribution in [-0.4, -0.2) is 50.3 Å². The van der Waals surface area contributed by atoms with Gasteiger partial charge in [-0.3, -0.25) is 4.79 Å². The first-order valence-corrected chi connectivity index (χ1v) is 11.2. The number of carbonyl (C=O) groups excluding carboxylic acids is 1. The third-order valence-corrected chi connectivity index (χ3v) is 6.93. The number of hydrogen-bond acceptors (Lipinski definition) is 4. The van der Waals surface area contributed by atoms with Crippen LogP contribution in [0, 0.1) is 15.4 Å². The summed E-state index contributed by atoms with van der Waals surface area (Å²) in [6.45, 7) is 4.28. The minimum atomic E-state index is -1.14. The van der Waals surface area contributed by atoms with Gasteiger partial charge >= 0.3 is 5.97 Å². The molecule has 3 unspecified atom stereocenters. The molecule has 2 aliphatic heterocycles. The summed E-state index contributed by atoms with van der Waals surface area (Å²) in [5.41, 5.74) is 1.70. The average molecular weight is 538 g/mol. The highest BCUT2D eigenvalue weighted by Crippen LogP contribution is 2.47. The Morgan fingerprint density at radius 1 is 1.39 bits per heavy atom. The zero-order chi connectivity index (χ0) is 22.4. The number of β-lactam (4-membered cyclic amide) rings is 1. The van der Waals surface area contributed by atoms with Crippen molar-refractivity contribution >= 4 is 34.5 Å². The van der Waals surface area contributed by atoms with E-state index in [1.807, 2.05) is 55.5 Å². The standard InChI is InChI=1S/C22H24IN3O5/c1-12-15(20(22(29)30)26-19(12)18(13(2)27)21(26)28)10-31-17-5-4-14(8-16(17)23)9-25-7-6-24(3)11-25/h4-8,11-13,18-19,27H,9-10H2,1-3H3/p+1/t12-,13?,18?,19?/m0/s1. The highest BCUT2D eigenvalue weighted by molar-refractivity contribution is 14.1. The van der Waals surface area contributed by atoms with Crippen LogP contribution in [-0.2, 0) is 23.2 Å². The Balaban J connectivity index is 1.50. The van der Waals surface area contributed by atoms with Crippen LogP contribution in [0.5, 0.6) is 5.75 Å². The number of carboxylic acid groups (broad SMARTS) is 1. The Morgan fingerprint density at radius 2 is 2.13 bits per heavy atom. The molecule has 1 amide bonds. The number of aryl methyl sites for hydroxylation is 1. The van der Waals surface area contributed by atoms with E-state index in [4.69, 9.17) is 4.74 Å². The molecular weight excluding hydrogens is 513 g/mol. The minimum absolute atomic E-state index is 0.00786. The van der Waals surface area contributed by atoms with E-state index in [0.717, 1.165) is 15.7 Å². The van der Waals surface area contributed by atoms with Crippen LogP contribution < -0.4 is 9.30 Å². The van der Waals surface area contributed by atoms with Crippen LogP contribution in [0.25, 0.3) is 0 Å². The van der Waals surface area contributed by atoms with Gasteiger partial charge in [0.05, 0.1) is 28.7 Å². The van der Waals surface area contributed by atoms with Gasteiger partial charge < -0.3 is 19.8 Å². The van der Waals surface area contributed by atoms with E-state index in [9.17, 15) is 19.8 Å². The molecule has 0 aliphatic carbocycles. The summed E-state index contributed by atoms with van der Waals surface area (Å²) < 4.78 is 11.0. The molecule has 4 rings (SSSR count). The summed E-state index contributed by atoms with van der Waals surface area (Å²) in [6, 6.07) is 5.59. The lowest BCUT2D eigenvalue weighted by Crippen LogP contribution is -2.63. The number of aromatic nitrogens is 2. The van der Waals surface area contributed by atoms with Crippen molar-refractivity contribution in [3.05, 3.63) is 57.3 Å². The van der Waals surface area contributed by atoms with E-state index in [-0.39, 0.29) is 30.2 Å². The van der Waals surface area contributed by atoms with E-state index in [0.29, 0.717) is 11.3 Å². The second-order valence-corrected chi connectivity index (χ2v) is 9.40. The Kier molecular flexibility index (Phi) is 5.82. The predicted molar refractivity (Wildman–Crippen MR) is 119 cm³/mol. The molecule has 1 aromatic carbocycles. The van der Waals surface area contributed by atoms with E-state index in [2.05, 4.69) is 27.2 Å². The third kappa shape index (κ3) is 3.84. The van der Waals surface area contributed by atoms with Gasteiger partial charge in [-0.1, -0.05) is 13.0 Å². The molecule has 1 aromatic heterocycles. The van der Waals surface area contributed by atoms with Gasteiger partial charge in [-0.2, -0.15) is 0 Å². The van der Waals surface area contributed by atoms with Crippen molar-refractivity contribution in [3.8, 4) is 5.75 Å². The maximum atomic E-state index is 12.4. The van der Waals surface area contributed by atoms with Gasteiger partial charge in [0, 0.05) is 11.5 Å². The lowest BCUT2D eigenvalue weighted by Gasteiger charge is -2.46. The largest absolute Gasteiger partial charge is 0.488 e. The normalized spacial score (nSPS) is 23.6. The summed E-state index contributed by atoms with van der Waals surface area (Å²) in [5.74, 6) is -1.59. The van der Waals surface area contributed by atoms with Crippen molar-refractivity contribution < 1.29 is 29.1 Å². The fourth-order valence-corrected chi connectivity index (χ4v) is 5.29. The number of aliphatic hydroxyl groups excluding tert-OH is 1. The number of carbonyl (C=O) groups is 2. The van der Waals surface area contributed by atoms with Gasteiger partial charge in [0.1, 0.15) is 37.0 Å². The maximum absolute atomic E-state index is 12.4. The molecule has 0 saturated carbocycles. The number of nitrogens with zero attached hydrogens (tertiary/aromatic N) is 3. The molecule has 1 fully saturated rings. The molecule has 0 spiro atoms. The number of aliphatic carboxylic acids is 1. The van der Waals surface area contributed by atoms with Crippen molar-refractivity contribution in [2.45, 2.75) is 32.5 Å². The second kappa shape index (κ2) is 8.27. The van der Waals surface area contributed by atoms with E-state index < -0.39 is 18.0 Å². The lowest BCUT2D eigenvalue weighted by molar-refractivity contribution is -0.671. The lowest BCUT2D eigenvalue weighted by atomic mass is 9.78. The van der Waals surface area contributed by atoms with Crippen LogP contribution in [0.1, 0.15) is 19.4 Å². The Morgan fingerprint density at radius 3 is 2.71 bits per heavy atom. The predicted octanol–water partition coefficient (Wildman–Crippen LogP) is 1.54. The van der Waals surface area contributed by atoms with Crippen molar-refractivity contribution in [1.29, 1.82) is 0 Å². The molecule has 3 heterocycles. The van der Waals surface area contributed by atoms with Crippen LogP contribution in [0.3, 0.4) is 0 Å². The Bertz CT molecular complexity index is 1080. The highest BCUT2D eigenvalue weighted by Gasteiger charge is 2.59. The number of fused-ring (bicyclic) bond motifs is 1. The fraction of sp³-hybridized carbons (Fsp3) is 0.409. The molecule has 1 saturated heterocycles. The van der Waals surface area contributed by atoms with Crippen molar-refractivity contribution in [3.63, 3.8) is 0 Å². The van der Waals surface area contributed by atoms with Gasteiger partial charge in [-0.25, -0.2) is 13.9 Å². The quantitative estimate of drug-likeness (QED) is 0.317. The van der Waals surface area contributed by atoms with Crippen molar-refractivity contribution in [1.82, 2.24) is 9.47 Å². The summed E-state index contributed by atoms with van der Waals surface area (Å²) in [5, 5.41) is 19.7. The smallest absolute Gasteiger partial charge is 0.352 e. The number of ether oxygens (including phenoxy) is 1. The first-order valence-electron chi connectivity index (χ1n) is 10.1. The van der Waals surface area contributed by atoms with Gasteiger partial charge in [-0.15, -0.1) is 0 Å². The number of hydrogen-bond donors (Lipinski definition) is 2. The van der Waals surface area contributed by atoms with Crippen LogP contribution >= 0.6 is 22.6 Å². The molecule has 8 nitrogen and oxygen atoms in total. The minimum Gasteiger partial charge on any atom is -0.488 e. The summed E-state index contributed by atoms with van der Waals surface area (Å²) in [4.78, 5) is 25.6. The Labute approximate surface area is 193 Å². The molecule has 31 heavy (non-hydrogen) atoms. The van der Waals surface area contributed by atoms with Crippen molar-refractivity contribution in [2.24, 2.45) is 18.9 Å². The molecular formula is C22H25IN3O5+. The number of amides is 1. The third-order valence-electron chi connectivity index (χ3n) is 6.09. The van der Waals surface area contributed by atoms with Gasteiger partial charge in [0.2, 0.25) is 12.2 Å². The van der Waals surface area contributed by atoms with Crippen molar-refractivity contribution in [2.75, 3.05) is 6.61 Å². The summed E-state index contributed by atoms with van der Waals surface area (Å²) in [7, 11) is 1.97. The zero-order valence-corrected chi connectivity index (χ0v) is 19.7. The van der Waals surface area contributed by atoms with E-state index in [1.54, 1.807) is 6.92 Å².